The van der Waals surface area contributed by atoms with E-state index in [-0.39, 0.29) is 5.75 Å². The van der Waals surface area contributed by atoms with Crippen LogP contribution in [0.15, 0.2) is 48.8 Å². The molecule has 0 radical (unpaired) electrons. The zero-order valence-corrected chi connectivity index (χ0v) is 11.5. The van der Waals surface area contributed by atoms with Gasteiger partial charge in [-0.05, 0) is 35.2 Å². The van der Waals surface area contributed by atoms with Gasteiger partial charge in [-0.25, -0.2) is 4.39 Å². The van der Waals surface area contributed by atoms with E-state index < -0.39 is 5.82 Å². The first-order valence-electron chi connectivity index (χ1n) is 6.06. The molecule has 0 fully saturated rings. The fourth-order valence-corrected chi connectivity index (χ4v) is 2.39. The zero-order chi connectivity index (χ0) is 14.1. The number of hydrogen-bond donors (Lipinski definition) is 0. The standard InChI is InChI=1S/C16H11ClFNO/c1-20-16-5-2-10(7-15(16)18)14-9-19-8-11-6-12(17)3-4-13(11)14/h2-9H,1H3. The maximum atomic E-state index is 13.8. The van der Waals surface area contributed by atoms with Gasteiger partial charge in [-0.2, -0.15) is 0 Å². The SMILES string of the molecule is COc1ccc(-c2cncc3cc(Cl)ccc23)cc1F. The molecule has 20 heavy (non-hydrogen) atoms. The van der Waals surface area contributed by atoms with Crippen LogP contribution < -0.4 is 4.74 Å². The summed E-state index contributed by atoms with van der Waals surface area (Å²) in [5, 5.41) is 2.55. The molecule has 3 rings (SSSR count). The first kappa shape index (κ1) is 12.9. The summed E-state index contributed by atoms with van der Waals surface area (Å²) < 4.78 is 18.8. The minimum Gasteiger partial charge on any atom is -0.494 e. The van der Waals surface area contributed by atoms with Gasteiger partial charge in [0.2, 0.25) is 0 Å². The Morgan fingerprint density at radius 2 is 1.95 bits per heavy atom. The largest absolute Gasteiger partial charge is 0.494 e. The lowest BCUT2D eigenvalue weighted by Gasteiger charge is -2.08. The van der Waals surface area contributed by atoms with Crippen molar-refractivity contribution in [2.45, 2.75) is 0 Å². The Kier molecular flexibility index (Phi) is 3.28. The minimum atomic E-state index is -0.393. The van der Waals surface area contributed by atoms with Crippen molar-refractivity contribution in [3.63, 3.8) is 0 Å². The van der Waals surface area contributed by atoms with Crippen molar-refractivity contribution in [1.29, 1.82) is 0 Å². The summed E-state index contributed by atoms with van der Waals surface area (Å²) in [7, 11) is 1.44. The van der Waals surface area contributed by atoms with Gasteiger partial charge in [-0.1, -0.05) is 23.7 Å². The van der Waals surface area contributed by atoms with Crippen LogP contribution in [0.5, 0.6) is 5.75 Å². The molecule has 0 aliphatic rings. The number of hydrogen-bond acceptors (Lipinski definition) is 2. The van der Waals surface area contributed by atoms with Gasteiger partial charge >= 0.3 is 0 Å². The molecule has 1 aromatic heterocycles. The van der Waals surface area contributed by atoms with E-state index in [1.807, 2.05) is 24.3 Å². The summed E-state index contributed by atoms with van der Waals surface area (Å²) in [6.45, 7) is 0. The lowest BCUT2D eigenvalue weighted by atomic mass is 10.0. The second-order valence-electron chi connectivity index (χ2n) is 4.40. The molecule has 100 valence electrons. The summed E-state index contributed by atoms with van der Waals surface area (Å²) in [6.07, 6.45) is 3.46. The molecule has 0 spiro atoms. The monoisotopic (exact) mass is 287 g/mol. The van der Waals surface area contributed by atoms with E-state index in [4.69, 9.17) is 16.3 Å². The van der Waals surface area contributed by atoms with E-state index in [1.54, 1.807) is 18.5 Å². The molecule has 0 atom stereocenters. The number of ether oxygens (including phenoxy) is 1. The van der Waals surface area contributed by atoms with Crippen molar-refractivity contribution >= 4 is 22.4 Å². The molecule has 0 aliphatic carbocycles. The topological polar surface area (TPSA) is 22.1 Å². The maximum absolute atomic E-state index is 13.8. The summed E-state index contributed by atoms with van der Waals surface area (Å²) in [5.74, 6) is -0.166. The Hall–Kier alpha value is -2.13. The molecule has 0 bridgehead atoms. The number of fused-ring (bicyclic) bond motifs is 1. The van der Waals surface area contributed by atoms with Crippen LogP contribution in [0, 0.1) is 5.82 Å². The summed E-state index contributed by atoms with van der Waals surface area (Å²) in [6, 6.07) is 10.4. The van der Waals surface area contributed by atoms with Gasteiger partial charge < -0.3 is 4.74 Å². The van der Waals surface area contributed by atoms with Gasteiger partial charge in [0.05, 0.1) is 7.11 Å². The van der Waals surface area contributed by atoms with Crippen LogP contribution in [-0.2, 0) is 0 Å². The normalized spacial score (nSPS) is 10.8. The molecule has 0 saturated heterocycles. The Morgan fingerprint density at radius 1 is 1.10 bits per heavy atom. The lowest BCUT2D eigenvalue weighted by molar-refractivity contribution is 0.386. The number of halogens is 2. The molecule has 0 saturated carbocycles. The van der Waals surface area contributed by atoms with E-state index in [0.29, 0.717) is 5.02 Å². The van der Waals surface area contributed by atoms with E-state index >= 15 is 0 Å². The highest BCUT2D eigenvalue weighted by Crippen LogP contribution is 2.31. The van der Waals surface area contributed by atoms with Crippen molar-refractivity contribution in [3.8, 4) is 16.9 Å². The number of benzene rings is 2. The number of methoxy groups -OCH3 is 1. The van der Waals surface area contributed by atoms with Crippen LogP contribution >= 0.6 is 11.6 Å². The fourth-order valence-electron chi connectivity index (χ4n) is 2.21. The predicted molar refractivity (Wildman–Crippen MR) is 78.7 cm³/mol. The van der Waals surface area contributed by atoms with Crippen LogP contribution in [-0.4, -0.2) is 12.1 Å². The van der Waals surface area contributed by atoms with Crippen molar-refractivity contribution < 1.29 is 9.13 Å². The first-order valence-corrected chi connectivity index (χ1v) is 6.44. The maximum Gasteiger partial charge on any atom is 0.165 e. The molecular formula is C16H11ClFNO. The van der Waals surface area contributed by atoms with Gasteiger partial charge in [0.25, 0.3) is 0 Å². The van der Waals surface area contributed by atoms with Gasteiger partial charge in [0.15, 0.2) is 11.6 Å². The first-order chi connectivity index (χ1) is 9.69. The van der Waals surface area contributed by atoms with Crippen molar-refractivity contribution in [3.05, 3.63) is 59.6 Å². The predicted octanol–water partition coefficient (Wildman–Crippen LogP) is 4.70. The molecule has 3 aromatic rings. The molecule has 0 aliphatic heterocycles. The van der Waals surface area contributed by atoms with Gasteiger partial charge in [-0.15, -0.1) is 0 Å². The Morgan fingerprint density at radius 3 is 2.70 bits per heavy atom. The van der Waals surface area contributed by atoms with Crippen LogP contribution in [0.3, 0.4) is 0 Å². The fraction of sp³-hybridized carbons (Fsp3) is 0.0625. The summed E-state index contributed by atoms with van der Waals surface area (Å²) in [5.41, 5.74) is 1.62. The molecule has 2 aromatic carbocycles. The highest BCUT2D eigenvalue weighted by Gasteiger charge is 2.08. The van der Waals surface area contributed by atoms with Crippen LogP contribution in [0.1, 0.15) is 0 Å². The number of pyridine rings is 1. The van der Waals surface area contributed by atoms with Crippen LogP contribution in [0.25, 0.3) is 21.9 Å². The van der Waals surface area contributed by atoms with E-state index in [1.165, 1.54) is 13.2 Å². The quantitative estimate of drug-likeness (QED) is 0.681. The Bertz CT molecular complexity index is 789. The minimum absolute atomic E-state index is 0.227. The van der Waals surface area contributed by atoms with E-state index in [0.717, 1.165) is 21.9 Å². The van der Waals surface area contributed by atoms with Gasteiger partial charge in [0.1, 0.15) is 0 Å². The molecule has 0 unspecified atom stereocenters. The number of aromatic nitrogens is 1. The molecule has 0 amide bonds. The second-order valence-corrected chi connectivity index (χ2v) is 4.84. The Balaban J connectivity index is 2.21. The van der Waals surface area contributed by atoms with E-state index in [2.05, 4.69) is 4.98 Å². The van der Waals surface area contributed by atoms with Crippen LogP contribution in [0.4, 0.5) is 4.39 Å². The third-order valence-electron chi connectivity index (χ3n) is 3.18. The number of rotatable bonds is 2. The average molecular weight is 288 g/mol. The summed E-state index contributed by atoms with van der Waals surface area (Å²) >= 11 is 5.98. The summed E-state index contributed by atoms with van der Waals surface area (Å²) in [4.78, 5) is 4.19. The van der Waals surface area contributed by atoms with E-state index in [9.17, 15) is 4.39 Å². The zero-order valence-electron chi connectivity index (χ0n) is 10.7. The molecule has 4 heteroatoms. The van der Waals surface area contributed by atoms with Gasteiger partial charge in [0, 0.05) is 28.4 Å². The molecule has 2 nitrogen and oxygen atoms in total. The molecule has 1 heterocycles. The van der Waals surface area contributed by atoms with Gasteiger partial charge in [-0.3, -0.25) is 4.98 Å². The Labute approximate surface area is 120 Å². The third-order valence-corrected chi connectivity index (χ3v) is 3.42. The average Bonchev–Trinajstić information content (AvgIpc) is 2.46. The smallest absolute Gasteiger partial charge is 0.165 e. The van der Waals surface area contributed by atoms with Crippen molar-refractivity contribution in [2.24, 2.45) is 0 Å². The second kappa shape index (κ2) is 5.10. The highest BCUT2D eigenvalue weighted by atomic mass is 35.5. The van der Waals surface area contributed by atoms with Crippen molar-refractivity contribution in [1.82, 2.24) is 4.98 Å². The van der Waals surface area contributed by atoms with Crippen molar-refractivity contribution in [2.75, 3.05) is 7.11 Å². The highest BCUT2D eigenvalue weighted by molar-refractivity contribution is 6.31. The molecule has 0 N–H and O–H groups in total. The lowest BCUT2D eigenvalue weighted by Crippen LogP contribution is -1.90. The number of nitrogens with zero attached hydrogens (tertiary/aromatic N) is 1. The van der Waals surface area contributed by atoms with Crippen LogP contribution in [0.2, 0.25) is 5.02 Å². The third kappa shape index (κ3) is 2.21. The molecular weight excluding hydrogens is 277 g/mol.